The summed E-state index contributed by atoms with van der Waals surface area (Å²) in [6.07, 6.45) is 2.36. The normalized spacial score (nSPS) is 10.7. The van der Waals surface area contributed by atoms with E-state index in [0.29, 0.717) is 12.8 Å². The average molecular weight is 254 g/mol. The highest BCUT2D eigenvalue weighted by Gasteiger charge is 2.04. The van der Waals surface area contributed by atoms with Gasteiger partial charge in [-0.25, -0.2) is 0 Å². The molecule has 0 aromatic heterocycles. The first-order valence-electron chi connectivity index (χ1n) is 5.15. The fourth-order valence-electron chi connectivity index (χ4n) is 1.31. The number of halogens is 2. The van der Waals surface area contributed by atoms with Crippen LogP contribution in [-0.2, 0) is 9.59 Å². The molecule has 0 aromatic rings. The molecule has 0 spiro atoms. The second kappa shape index (κ2) is 9.13. The molecular weight excluding hydrogens is 237 g/mol. The van der Waals surface area contributed by atoms with Gasteiger partial charge in [-0.1, -0.05) is 6.92 Å². The highest BCUT2D eigenvalue weighted by molar-refractivity contribution is 6.63. The monoisotopic (exact) mass is 253 g/mol. The lowest BCUT2D eigenvalue weighted by Crippen LogP contribution is -2.26. The Labute approximate surface area is 101 Å². The quantitative estimate of drug-likeness (QED) is 0.593. The van der Waals surface area contributed by atoms with Gasteiger partial charge in [-0.15, -0.1) is 0 Å². The van der Waals surface area contributed by atoms with Crippen molar-refractivity contribution >= 4 is 33.7 Å². The van der Waals surface area contributed by atoms with E-state index >= 15 is 0 Å². The standard InChI is InChI=1S/C10H17Cl2NO2/c1-2-13(7-3-5-9(11)14)8-4-6-10(12)15/h2-8H2,1H3. The van der Waals surface area contributed by atoms with Gasteiger partial charge in [0.05, 0.1) is 0 Å². The largest absolute Gasteiger partial charge is 0.304 e. The van der Waals surface area contributed by atoms with Crippen molar-refractivity contribution in [2.75, 3.05) is 19.6 Å². The molecule has 0 bridgehead atoms. The van der Waals surface area contributed by atoms with Gasteiger partial charge in [0.2, 0.25) is 10.5 Å². The van der Waals surface area contributed by atoms with Crippen molar-refractivity contribution in [1.82, 2.24) is 4.90 Å². The molecule has 0 saturated heterocycles. The Balaban J connectivity index is 3.54. The Kier molecular flexibility index (Phi) is 9.06. The summed E-state index contributed by atoms with van der Waals surface area (Å²) in [4.78, 5) is 23.2. The van der Waals surface area contributed by atoms with Crippen molar-refractivity contribution in [3.8, 4) is 0 Å². The summed E-state index contributed by atoms with van der Waals surface area (Å²) < 4.78 is 0. The zero-order chi connectivity index (χ0) is 11.7. The molecule has 0 aliphatic carbocycles. The third-order valence-electron chi connectivity index (χ3n) is 2.14. The first-order chi connectivity index (χ1) is 7.06. The minimum absolute atomic E-state index is 0.290. The van der Waals surface area contributed by atoms with Crippen LogP contribution in [0.1, 0.15) is 32.6 Å². The lowest BCUT2D eigenvalue weighted by molar-refractivity contribution is -0.112. The van der Waals surface area contributed by atoms with E-state index in [1.54, 1.807) is 0 Å². The molecule has 0 N–H and O–H groups in total. The van der Waals surface area contributed by atoms with Crippen molar-refractivity contribution in [3.63, 3.8) is 0 Å². The molecule has 88 valence electrons. The van der Waals surface area contributed by atoms with Crippen LogP contribution < -0.4 is 0 Å². The molecule has 0 heterocycles. The van der Waals surface area contributed by atoms with Crippen molar-refractivity contribution in [2.24, 2.45) is 0 Å². The highest BCUT2D eigenvalue weighted by Crippen LogP contribution is 2.02. The van der Waals surface area contributed by atoms with Crippen LogP contribution in [0.5, 0.6) is 0 Å². The van der Waals surface area contributed by atoms with E-state index in [-0.39, 0.29) is 10.5 Å². The van der Waals surface area contributed by atoms with Gasteiger partial charge in [0, 0.05) is 12.8 Å². The Morgan fingerprint density at radius 3 is 1.67 bits per heavy atom. The lowest BCUT2D eigenvalue weighted by atomic mass is 10.2. The van der Waals surface area contributed by atoms with Gasteiger partial charge in [0.1, 0.15) is 0 Å². The third kappa shape index (κ3) is 10.2. The van der Waals surface area contributed by atoms with Gasteiger partial charge in [0.15, 0.2) is 0 Å². The molecule has 5 heteroatoms. The number of nitrogens with zero attached hydrogens (tertiary/aromatic N) is 1. The SMILES string of the molecule is CCN(CCCC(=O)Cl)CCCC(=O)Cl. The van der Waals surface area contributed by atoms with Gasteiger partial charge in [-0.3, -0.25) is 9.59 Å². The zero-order valence-corrected chi connectivity index (χ0v) is 10.5. The average Bonchev–Trinajstić information content (AvgIpc) is 2.14. The van der Waals surface area contributed by atoms with Gasteiger partial charge in [0.25, 0.3) is 0 Å². The van der Waals surface area contributed by atoms with Crippen LogP contribution >= 0.6 is 23.2 Å². The van der Waals surface area contributed by atoms with Gasteiger partial charge in [-0.05, 0) is 55.7 Å². The van der Waals surface area contributed by atoms with Crippen LogP contribution in [0.25, 0.3) is 0 Å². The number of hydrogen-bond acceptors (Lipinski definition) is 3. The molecular formula is C10H17Cl2NO2. The second-order valence-corrected chi connectivity index (χ2v) is 4.19. The van der Waals surface area contributed by atoms with Crippen LogP contribution in [0.2, 0.25) is 0 Å². The van der Waals surface area contributed by atoms with Crippen molar-refractivity contribution in [1.29, 1.82) is 0 Å². The van der Waals surface area contributed by atoms with Gasteiger partial charge < -0.3 is 4.90 Å². The highest BCUT2D eigenvalue weighted by atomic mass is 35.5. The molecule has 0 radical (unpaired) electrons. The van der Waals surface area contributed by atoms with E-state index in [4.69, 9.17) is 23.2 Å². The smallest absolute Gasteiger partial charge is 0.221 e. The second-order valence-electron chi connectivity index (χ2n) is 3.35. The van der Waals surface area contributed by atoms with Crippen molar-refractivity contribution in [3.05, 3.63) is 0 Å². The summed E-state index contributed by atoms with van der Waals surface area (Å²) in [5, 5.41) is -0.580. The maximum Gasteiger partial charge on any atom is 0.221 e. The fraction of sp³-hybridized carbons (Fsp3) is 0.800. The minimum Gasteiger partial charge on any atom is -0.304 e. The number of carbonyl (C=O) groups excluding carboxylic acids is 2. The van der Waals surface area contributed by atoms with Crippen LogP contribution in [0, 0.1) is 0 Å². The Hall–Kier alpha value is -0.120. The zero-order valence-electron chi connectivity index (χ0n) is 8.97. The summed E-state index contributed by atoms with van der Waals surface area (Å²) in [6, 6.07) is 0. The summed E-state index contributed by atoms with van der Waals surface area (Å²) in [7, 11) is 0. The number of hydrogen-bond donors (Lipinski definition) is 0. The number of carbonyl (C=O) groups is 2. The van der Waals surface area contributed by atoms with Gasteiger partial charge in [-0.2, -0.15) is 0 Å². The molecule has 0 aromatic carbocycles. The molecule has 0 aliphatic heterocycles. The molecule has 0 fully saturated rings. The molecule has 0 aliphatic rings. The van der Waals surface area contributed by atoms with Crippen molar-refractivity contribution < 1.29 is 9.59 Å². The topological polar surface area (TPSA) is 37.4 Å². The molecule has 0 unspecified atom stereocenters. The van der Waals surface area contributed by atoms with Crippen LogP contribution in [0.15, 0.2) is 0 Å². The molecule has 15 heavy (non-hydrogen) atoms. The molecule has 3 nitrogen and oxygen atoms in total. The van der Waals surface area contributed by atoms with Crippen molar-refractivity contribution in [2.45, 2.75) is 32.6 Å². The summed E-state index contributed by atoms with van der Waals surface area (Å²) in [5.41, 5.74) is 0. The Morgan fingerprint density at radius 2 is 1.40 bits per heavy atom. The predicted octanol–water partition coefficient (Wildman–Crippen LogP) is 2.40. The minimum atomic E-state index is -0.290. The number of rotatable bonds is 9. The van der Waals surface area contributed by atoms with Crippen LogP contribution in [0.3, 0.4) is 0 Å². The van der Waals surface area contributed by atoms with E-state index < -0.39 is 0 Å². The maximum absolute atomic E-state index is 10.5. The van der Waals surface area contributed by atoms with E-state index in [1.165, 1.54) is 0 Å². The van der Waals surface area contributed by atoms with E-state index in [9.17, 15) is 9.59 Å². The van der Waals surface area contributed by atoms with Gasteiger partial charge >= 0.3 is 0 Å². The Morgan fingerprint density at radius 1 is 1.00 bits per heavy atom. The van der Waals surface area contributed by atoms with E-state index in [1.807, 2.05) is 6.92 Å². The van der Waals surface area contributed by atoms with Crippen LogP contribution in [0.4, 0.5) is 0 Å². The molecule has 0 amide bonds. The fourth-order valence-corrected chi connectivity index (χ4v) is 1.58. The summed E-state index contributed by atoms with van der Waals surface area (Å²) in [5.74, 6) is 0. The van der Waals surface area contributed by atoms with E-state index in [2.05, 4.69) is 4.90 Å². The molecule has 0 rings (SSSR count). The summed E-state index contributed by atoms with van der Waals surface area (Å²) >= 11 is 10.5. The molecule has 0 atom stereocenters. The maximum atomic E-state index is 10.5. The Bertz CT molecular complexity index is 190. The lowest BCUT2D eigenvalue weighted by Gasteiger charge is -2.19. The van der Waals surface area contributed by atoms with Crippen LogP contribution in [-0.4, -0.2) is 35.0 Å². The first-order valence-corrected chi connectivity index (χ1v) is 5.91. The third-order valence-corrected chi connectivity index (χ3v) is 2.52. The first kappa shape index (κ1) is 14.9. The summed E-state index contributed by atoms with van der Waals surface area (Å²) in [6.45, 7) is 4.63. The van der Waals surface area contributed by atoms with E-state index in [0.717, 1.165) is 32.5 Å². The predicted molar refractivity (Wildman–Crippen MR) is 62.3 cm³/mol. The molecule has 0 saturated carbocycles.